The fourth-order valence-corrected chi connectivity index (χ4v) is 1.39. The van der Waals surface area contributed by atoms with Gasteiger partial charge in [-0.25, -0.2) is 0 Å². The van der Waals surface area contributed by atoms with Crippen LogP contribution in [0.2, 0.25) is 0 Å². The minimum Gasteiger partial charge on any atom is -0.491 e. The maximum absolute atomic E-state index is 5.74. The summed E-state index contributed by atoms with van der Waals surface area (Å²) in [6.07, 6.45) is 6.71. The molecule has 0 fully saturated rings. The Kier molecular flexibility index (Phi) is 4.34. The van der Waals surface area contributed by atoms with Crippen LogP contribution in [-0.4, -0.2) is 6.61 Å². The Morgan fingerprint density at radius 1 is 1.50 bits per heavy atom. The number of rotatable bonds is 4. The zero-order valence-electron chi connectivity index (χ0n) is 7.79. The highest BCUT2D eigenvalue weighted by Crippen LogP contribution is 2.25. The van der Waals surface area contributed by atoms with E-state index < -0.39 is 0 Å². The van der Waals surface area contributed by atoms with E-state index in [0.29, 0.717) is 18.0 Å². The summed E-state index contributed by atoms with van der Waals surface area (Å²) in [6, 6.07) is 5.55. The van der Waals surface area contributed by atoms with Crippen LogP contribution in [0.4, 0.5) is 5.69 Å². The Morgan fingerprint density at radius 2 is 2.29 bits per heavy atom. The number of benzene rings is 1. The van der Waals surface area contributed by atoms with Crippen LogP contribution >= 0.6 is 15.9 Å². The standard InChI is InChI=1S/C11H12BrNO/c1-2-3-4-7-14-11-6-5-9(12)8-10(11)13/h1,5-6,8H,3-4,7,13H2. The molecular weight excluding hydrogens is 242 g/mol. The van der Waals surface area contributed by atoms with Gasteiger partial charge in [-0.3, -0.25) is 0 Å². The smallest absolute Gasteiger partial charge is 0.142 e. The normalized spacial score (nSPS) is 9.43. The average Bonchev–Trinajstić information content (AvgIpc) is 2.15. The fourth-order valence-electron chi connectivity index (χ4n) is 1.01. The molecule has 0 unspecified atom stereocenters. The van der Waals surface area contributed by atoms with Crippen LogP contribution in [0.15, 0.2) is 22.7 Å². The lowest BCUT2D eigenvalue weighted by atomic mass is 10.3. The number of anilines is 1. The molecule has 0 amide bonds. The average molecular weight is 254 g/mol. The van der Waals surface area contributed by atoms with Crippen molar-refractivity contribution in [3.05, 3.63) is 22.7 Å². The zero-order valence-corrected chi connectivity index (χ0v) is 9.38. The molecule has 74 valence electrons. The van der Waals surface area contributed by atoms with Gasteiger partial charge in [0.05, 0.1) is 12.3 Å². The summed E-state index contributed by atoms with van der Waals surface area (Å²) in [5, 5.41) is 0. The fraction of sp³-hybridized carbons (Fsp3) is 0.273. The first kappa shape index (κ1) is 10.9. The molecule has 2 nitrogen and oxygen atoms in total. The van der Waals surface area contributed by atoms with Crippen molar-refractivity contribution < 1.29 is 4.74 Å². The molecule has 1 aromatic rings. The number of hydrogen-bond acceptors (Lipinski definition) is 2. The molecule has 0 aliphatic rings. The number of ether oxygens (including phenoxy) is 1. The van der Waals surface area contributed by atoms with Gasteiger partial charge >= 0.3 is 0 Å². The van der Waals surface area contributed by atoms with Crippen molar-refractivity contribution in [2.24, 2.45) is 0 Å². The third-order valence-electron chi connectivity index (χ3n) is 1.69. The highest BCUT2D eigenvalue weighted by atomic mass is 79.9. The van der Waals surface area contributed by atoms with Crippen LogP contribution in [0, 0.1) is 12.3 Å². The van der Waals surface area contributed by atoms with Crippen LogP contribution in [-0.2, 0) is 0 Å². The van der Waals surface area contributed by atoms with E-state index >= 15 is 0 Å². The van der Waals surface area contributed by atoms with Crippen molar-refractivity contribution in [2.75, 3.05) is 12.3 Å². The lowest BCUT2D eigenvalue weighted by Crippen LogP contribution is -1.99. The van der Waals surface area contributed by atoms with Gasteiger partial charge < -0.3 is 10.5 Å². The van der Waals surface area contributed by atoms with Gasteiger partial charge in [-0.15, -0.1) is 12.3 Å². The van der Waals surface area contributed by atoms with E-state index in [4.69, 9.17) is 16.9 Å². The number of terminal acetylenes is 1. The summed E-state index contributed by atoms with van der Waals surface area (Å²) >= 11 is 3.33. The van der Waals surface area contributed by atoms with E-state index in [1.807, 2.05) is 18.2 Å². The molecule has 0 saturated heterocycles. The van der Waals surface area contributed by atoms with E-state index in [1.54, 1.807) is 0 Å². The number of nitrogen functional groups attached to an aromatic ring is 1. The molecule has 3 heteroatoms. The molecule has 14 heavy (non-hydrogen) atoms. The van der Waals surface area contributed by atoms with E-state index in [2.05, 4.69) is 21.9 Å². The minimum atomic E-state index is 0.607. The van der Waals surface area contributed by atoms with Gasteiger partial charge in [0.2, 0.25) is 0 Å². The lowest BCUT2D eigenvalue weighted by molar-refractivity contribution is 0.314. The van der Waals surface area contributed by atoms with Crippen molar-refractivity contribution in [2.45, 2.75) is 12.8 Å². The molecule has 0 aromatic heterocycles. The first-order chi connectivity index (χ1) is 6.74. The van der Waals surface area contributed by atoms with Crippen LogP contribution in [0.5, 0.6) is 5.75 Å². The van der Waals surface area contributed by atoms with E-state index in [9.17, 15) is 0 Å². The largest absolute Gasteiger partial charge is 0.491 e. The molecular formula is C11H12BrNO. The Morgan fingerprint density at radius 3 is 2.93 bits per heavy atom. The van der Waals surface area contributed by atoms with E-state index in [0.717, 1.165) is 17.3 Å². The summed E-state index contributed by atoms with van der Waals surface area (Å²) in [4.78, 5) is 0. The third kappa shape index (κ3) is 3.31. The summed E-state index contributed by atoms with van der Waals surface area (Å²) < 4.78 is 6.40. The van der Waals surface area contributed by atoms with Gasteiger partial charge in [0.15, 0.2) is 0 Å². The highest BCUT2D eigenvalue weighted by molar-refractivity contribution is 9.10. The summed E-state index contributed by atoms with van der Waals surface area (Å²) in [7, 11) is 0. The van der Waals surface area contributed by atoms with Crippen molar-refractivity contribution in [3.63, 3.8) is 0 Å². The molecule has 0 atom stereocenters. The van der Waals surface area contributed by atoms with Gasteiger partial charge in [0.25, 0.3) is 0 Å². The summed E-state index contributed by atoms with van der Waals surface area (Å²) in [5.41, 5.74) is 6.38. The third-order valence-corrected chi connectivity index (χ3v) is 2.19. The van der Waals surface area contributed by atoms with Gasteiger partial charge in [-0.05, 0) is 24.6 Å². The summed E-state index contributed by atoms with van der Waals surface area (Å²) in [6.45, 7) is 0.607. The molecule has 1 rings (SSSR count). The topological polar surface area (TPSA) is 35.2 Å². The second kappa shape index (κ2) is 5.56. The molecule has 0 heterocycles. The molecule has 1 aromatic carbocycles. The predicted octanol–water partition coefficient (Wildman–Crippen LogP) is 2.82. The predicted molar refractivity (Wildman–Crippen MR) is 62.1 cm³/mol. The van der Waals surface area contributed by atoms with Crippen molar-refractivity contribution in [3.8, 4) is 18.1 Å². The highest BCUT2D eigenvalue weighted by Gasteiger charge is 1.99. The van der Waals surface area contributed by atoms with Crippen molar-refractivity contribution in [1.82, 2.24) is 0 Å². The second-order valence-corrected chi connectivity index (χ2v) is 3.75. The Balaban J connectivity index is 2.47. The Bertz CT molecular complexity index is 344. The molecule has 0 spiro atoms. The summed E-state index contributed by atoms with van der Waals surface area (Å²) in [5.74, 6) is 3.27. The lowest BCUT2D eigenvalue weighted by Gasteiger charge is -2.07. The first-order valence-corrected chi connectivity index (χ1v) is 5.14. The monoisotopic (exact) mass is 253 g/mol. The maximum Gasteiger partial charge on any atom is 0.142 e. The first-order valence-electron chi connectivity index (χ1n) is 4.35. The van der Waals surface area contributed by atoms with E-state index in [1.165, 1.54) is 0 Å². The Hall–Kier alpha value is -1.14. The number of nitrogens with two attached hydrogens (primary N) is 1. The number of unbranched alkanes of at least 4 members (excludes halogenated alkanes) is 1. The number of hydrogen-bond donors (Lipinski definition) is 1. The van der Waals surface area contributed by atoms with Gasteiger partial charge in [-0.1, -0.05) is 15.9 Å². The zero-order chi connectivity index (χ0) is 10.4. The van der Waals surface area contributed by atoms with Crippen molar-refractivity contribution in [1.29, 1.82) is 0 Å². The molecule has 0 aliphatic heterocycles. The second-order valence-electron chi connectivity index (χ2n) is 2.84. The van der Waals surface area contributed by atoms with E-state index in [-0.39, 0.29) is 0 Å². The minimum absolute atomic E-state index is 0.607. The van der Waals surface area contributed by atoms with Gasteiger partial charge in [0, 0.05) is 10.9 Å². The molecule has 0 radical (unpaired) electrons. The van der Waals surface area contributed by atoms with Crippen molar-refractivity contribution >= 4 is 21.6 Å². The SMILES string of the molecule is C#CCCCOc1ccc(Br)cc1N. The van der Waals surface area contributed by atoms with Crippen LogP contribution in [0.25, 0.3) is 0 Å². The molecule has 0 bridgehead atoms. The quantitative estimate of drug-likeness (QED) is 0.509. The molecule has 0 aliphatic carbocycles. The Labute approximate surface area is 92.6 Å². The molecule has 2 N–H and O–H groups in total. The van der Waals surface area contributed by atoms with Crippen LogP contribution in [0.3, 0.4) is 0 Å². The number of halogens is 1. The van der Waals surface area contributed by atoms with Gasteiger partial charge in [0.1, 0.15) is 5.75 Å². The van der Waals surface area contributed by atoms with Crippen LogP contribution < -0.4 is 10.5 Å². The van der Waals surface area contributed by atoms with Gasteiger partial charge in [-0.2, -0.15) is 0 Å². The van der Waals surface area contributed by atoms with Crippen LogP contribution in [0.1, 0.15) is 12.8 Å². The maximum atomic E-state index is 5.74. The molecule has 0 saturated carbocycles.